The van der Waals surface area contributed by atoms with Gasteiger partial charge >= 0.3 is 0 Å². The number of unbranched alkanes of at least 4 members (excludes halogenated alkanes) is 2. The van der Waals surface area contributed by atoms with Gasteiger partial charge in [0, 0.05) is 12.5 Å². The highest BCUT2D eigenvalue weighted by molar-refractivity contribution is 5.82. The smallest absolute Gasteiger partial charge is 0.226 e. The van der Waals surface area contributed by atoms with E-state index in [9.17, 15) is 14.0 Å². The maximum absolute atomic E-state index is 12.9. The van der Waals surface area contributed by atoms with Crippen molar-refractivity contribution in [1.29, 1.82) is 0 Å². The van der Waals surface area contributed by atoms with Crippen molar-refractivity contribution >= 4 is 12.2 Å². The Labute approximate surface area is 146 Å². The minimum atomic E-state index is -0.271. The molecule has 1 saturated heterocycles. The molecule has 1 saturated carbocycles. The number of alkyl halides is 1. The summed E-state index contributed by atoms with van der Waals surface area (Å²) in [6.45, 7) is 2.51. The van der Waals surface area contributed by atoms with Crippen LogP contribution in [0.4, 0.5) is 4.39 Å². The molecule has 1 amide bonds. The van der Waals surface area contributed by atoms with Crippen LogP contribution in [0.15, 0.2) is 0 Å². The van der Waals surface area contributed by atoms with Crippen molar-refractivity contribution in [1.82, 2.24) is 4.90 Å². The van der Waals surface area contributed by atoms with Gasteiger partial charge in [0.1, 0.15) is 6.29 Å². The van der Waals surface area contributed by atoms with E-state index in [2.05, 4.69) is 0 Å². The molecule has 2 rings (SSSR count). The summed E-state index contributed by atoms with van der Waals surface area (Å²) in [4.78, 5) is 26.6. The monoisotopic (exact) mass is 339 g/mol. The fraction of sp³-hybridized carbons (Fsp3) is 0.900. The van der Waals surface area contributed by atoms with Crippen molar-refractivity contribution in [2.75, 3.05) is 13.2 Å². The zero-order chi connectivity index (χ0) is 17.4. The highest BCUT2D eigenvalue weighted by atomic mass is 19.1. The molecule has 0 spiro atoms. The molecule has 0 radical (unpaired) electrons. The van der Waals surface area contributed by atoms with Crippen LogP contribution in [0, 0.1) is 17.8 Å². The summed E-state index contributed by atoms with van der Waals surface area (Å²) in [5, 5.41) is 0. The lowest BCUT2D eigenvalue weighted by Crippen LogP contribution is -2.43. The van der Waals surface area contributed by atoms with E-state index in [4.69, 9.17) is 0 Å². The second-order valence-electron chi connectivity index (χ2n) is 7.65. The Morgan fingerprint density at radius 1 is 1.17 bits per heavy atom. The number of aldehydes is 1. The molecule has 1 aliphatic carbocycles. The molecule has 1 aliphatic heterocycles. The van der Waals surface area contributed by atoms with Gasteiger partial charge in [-0.05, 0) is 37.5 Å². The lowest BCUT2D eigenvalue weighted by Gasteiger charge is -2.32. The molecule has 0 aromatic heterocycles. The molecule has 3 unspecified atom stereocenters. The lowest BCUT2D eigenvalue weighted by molar-refractivity contribution is -0.139. The third-order valence-electron chi connectivity index (χ3n) is 6.21. The molecular formula is C20H34FNO2. The first kappa shape index (κ1) is 19.4. The zero-order valence-corrected chi connectivity index (χ0v) is 15.2. The van der Waals surface area contributed by atoms with E-state index in [0.717, 1.165) is 44.9 Å². The third kappa shape index (κ3) is 4.80. The molecule has 0 aromatic rings. The zero-order valence-electron chi connectivity index (χ0n) is 15.2. The topological polar surface area (TPSA) is 37.4 Å². The molecule has 2 fully saturated rings. The Bertz CT molecular complexity index is 395. The van der Waals surface area contributed by atoms with Crippen molar-refractivity contribution in [2.45, 2.75) is 83.6 Å². The van der Waals surface area contributed by atoms with E-state index in [0.29, 0.717) is 18.3 Å². The van der Waals surface area contributed by atoms with Crippen LogP contribution in [-0.2, 0) is 9.59 Å². The van der Waals surface area contributed by atoms with Crippen LogP contribution in [0.3, 0.4) is 0 Å². The average molecular weight is 339 g/mol. The van der Waals surface area contributed by atoms with Gasteiger partial charge in [0.05, 0.1) is 12.7 Å². The molecule has 4 heteroatoms. The quantitative estimate of drug-likeness (QED) is 0.457. The maximum atomic E-state index is 12.9. The van der Waals surface area contributed by atoms with E-state index in [1.165, 1.54) is 32.1 Å². The number of halogens is 1. The molecule has 0 bridgehead atoms. The van der Waals surface area contributed by atoms with Gasteiger partial charge in [0.15, 0.2) is 0 Å². The maximum Gasteiger partial charge on any atom is 0.226 e. The van der Waals surface area contributed by atoms with Gasteiger partial charge in [-0.15, -0.1) is 0 Å². The van der Waals surface area contributed by atoms with Crippen LogP contribution >= 0.6 is 0 Å². The van der Waals surface area contributed by atoms with Crippen LogP contribution in [-0.4, -0.2) is 36.4 Å². The normalized spacial score (nSPS) is 26.5. The summed E-state index contributed by atoms with van der Waals surface area (Å²) in [5.41, 5.74) is 0. The van der Waals surface area contributed by atoms with Crippen molar-refractivity contribution < 1.29 is 14.0 Å². The molecule has 3 nitrogen and oxygen atoms in total. The molecule has 2 aliphatic rings. The number of nitrogens with zero attached hydrogens (tertiary/aromatic N) is 1. The number of rotatable bonds is 9. The Morgan fingerprint density at radius 3 is 2.54 bits per heavy atom. The highest BCUT2D eigenvalue weighted by Crippen LogP contribution is 2.39. The van der Waals surface area contributed by atoms with E-state index < -0.39 is 0 Å². The molecule has 0 N–H and O–H groups in total. The first-order chi connectivity index (χ1) is 11.7. The van der Waals surface area contributed by atoms with Crippen LogP contribution in [0.2, 0.25) is 0 Å². The lowest BCUT2D eigenvalue weighted by atomic mass is 9.77. The van der Waals surface area contributed by atoms with Gasteiger partial charge in [-0.1, -0.05) is 51.9 Å². The predicted octanol–water partition coefficient (Wildman–Crippen LogP) is 4.54. The van der Waals surface area contributed by atoms with Crippen LogP contribution in [0.25, 0.3) is 0 Å². The fourth-order valence-electron chi connectivity index (χ4n) is 4.75. The first-order valence-corrected chi connectivity index (χ1v) is 10.0. The van der Waals surface area contributed by atoms with Crippen molar-refractivity contribution in [2.24, 2.45) is 17.8 Å². The Balaban J connectivity index is 1.93. The summed E-state index contributed by atoms with van der Waals surface area (Å²) in [5.74, 6) is 1.15. The first-order valence-electron chi connectivity index (χ1n) is 10.0. The fourth-order valence-corrected chi connectivity index (χ4v) is 4.75. The summed E-state index contributed by atoms with van der Waals surface area (Å²) in [6, 6.07) is -0.208. The van der Waals surface area contributed by atoms with Crippen LogP contribution in [0.1, 0.15) is 77.6 Å². The Hall–Kier alpha value is -0.930. The van der Waals surface area contributed by atoms with Crippen molar-refractivity contribution in [3.05, 3.63) is 0 Å². The third-order valence-corrected chi connectivity index (χ3v) is 6.21. The minimum absolute atomic E-state index is 0.00262. The van der Waals surface area contributed by atoms with Crippen LogP contribution < -0.4 is 0 Å². The number of amides is 1. The molecule has 24 heavy (non-hydrogen) atoms. The van der Waals surface area contributed by atoms with E-state index in [-0.39, 0.29) is 24.5 Å². The standard InChI is InChI=1S/C20H34FNO2/c1-2-16(9-7-4-8-13-21)20(24)22-14-12-18(19(22)15-23)17-10-5-3-6-11-17/h15-19H,2-14H2,1H3. The van der Waals surface area contributed by atoms with Crippen molar-refractivity contribution in [3.8, 4) is 0 Å². The Morgan fingerprint density at radius 2 is 1.92 bits per heavy atom. The second kappa shape index (κ2) is 10.1. The van der Waals surface area contributed by atoms with Gasteiger partial charge in [-0.25, -0.2) is 0 Å². The number of carbonyl (C=O) groups excluding carboxylic acids is 2. The largest absolute Gasteiger partial charge is 0.332 e. The van der Waals surface area contributed by atoms with Gasteiger partial charge in [0.2, 0.25) is 5.91 Å². The van der Waals surface area contributed by atoms with E-state index in [1.807, 2.05) is 11.8 Å². The summed E-state index contributed by atoms with van der Waals surface area (Å²) >= 11 is 0. The molecule has 1 heterocycles. The summed E-state index contributed by atoms with van der Waals surface area (Å²) < 4.78 is 12.2. The number of hydrogen-bond acceptors (Lipinski definition) is 2. The SMILES string of the molecule is CCC(CCCCCF)C(=O)N1CCC(C2CCCCC2)C1C=O. The number of hydrogen-bond donors (Lipinski definition) is 0. The van der Waals surface area contributed by atoms with Crippen LogP contribution in [0.5, 0.6) is 0 Å². The Kier molecular flexibility index (Phi) is 8.20. The number of likely N-dealkylation sites (tertiary alicyclic amines) is 1. The second-order valence-corrected chi connectivity index (χ2v) is 7.65. The van der Waals surface area contributed by atoms with Gasteiger partial charge in [-0.2, -0.15) is 0 Å². The molecule has 138 valence electrons. The average Bonchev–Trinajstić information content (AvgIpc) is 3.06. The van der Waals surface area contributed by atoms with Gasteiger partial charge in [-0.3, -0.25) is 9.18 Å². The summed E-state index contributed by atoms with van der Waals surface area (Å²) in [7, 11) is 0. The molecule has 3 atom stereocenters. The van der Waals surface area contributed by atoms with E-state index in [1.54, 1.807) is 0 Å². The van der Waals surface area contributed by atoms with Crippen molar-refractivity contribution in [3.63, 3.8) is 0 Å². The number of carbonyl (C=O) groups is 2. The van der Waals surface area contributed by atoms with Gasteiger partial charge < -0.3 is 9.69 Å². The molecular weight excluding hydrogens is 305 g/mol. The van der Waals surface area contributed by atoms with E-state index >= 15 is 0 Å². The molecule has 0 aromatic carbocycles. The minimum Gasteiger partial charge on any atom is -0.332 e. The van der Waals surface area contributed by atoms with Gasteiger partial charge in [0.25, 0.3) is 0 Å². The highest BCUT2D eigenvalue weighted by Gasteiger charge is 2.42. The summed E-state index contributed by atoms with van der Waals surface area (Å²) in [6.07, 6.45) is 12.3. The predicted molar refractivity (Wildman–Crippen MR) is 94.5 cm³/mol.